The third-order valence-corrected chi connectivity index (χ3v) is 4.04. The Labute approximate surface area is 119 Å². The average molecular weight is 289 g/mol. The van der Waals surface area contributed by atoms with Crippen LogP contribution in [0.5, 0.6) is 0 Å². The molecule has 102 valence electrons. The van der Waals surface area contributed by atoms with Crippen LogP contribution in [0.25, 0.3) is 0 Å². The molecular formula is C13H11N3O3S. The molecule has 0 radical (unpaired) electrons. The Hall–Kier alpha value is -2.17. The molecular weight excluding hydrogens is 278 g/mol. The van der Waals surface area contributed by atoms with E-state index in [1.165, 1.54) is 30.0 Å². The summed E-state index contributed by atoms with van der Waals surface area (Å²) in [4.78, 5) is 14.9. The fraction of sp³-hybridized carbons (Fsp3) is 0.231. The van der Waals surface area contributed by atoms with Crippen molar-refractivity contribution in [3.05, 3.63) is 50.5 Å². The minimum atomic E-state index is -1.21. The number of rotatable bonds is 3. The molecule has 2 rings (SSSR count). The predicted molar refractivity (Wildman–Crippen MR) is 76.3 cm³/mol. The molecule has 1 aromatic rings. The van der Waals surface area contributed by atoms with Gasteiger partial charge in [-0.05, 0) is 13.0 Å². The van der Waals surface area contributed by atoms with E-state index in [4.69, 9.17) is 5.26 Å². The van der Waals surface area contributed by atoms with Crippen molar-refractivity contribution in [2.75, 3.05) is 5.75 Å². The Balaban J connectivity index is 2.50. The second kappa shape index (κ2) is 5.86. The molecule has 0 amide bonds. The van der Waals surface area contributed by atoms with Crippen molar-refractivity contribution < 1.29 is 10.0 Å². The molecule has 0 aromatic heterocycles. The van der Waals surface area contributed by atoms with Crippen molar-refractivity contribution >= 4 is 23.2 Å². The van der Waals surface area contributed by atoms with E-state index < -0.39 is 11.0 Å². The van der Waals surface area contributed by atoms with Crippen LogP contribution in [0.3, 0.4) is 0 Å². The Morgan fingerprint density at radius 1 is 1.55 bits per heavy atom. The summed E-state index contributed by atoms with van der Waals surface area (Å²) >= 11 is 1.28. The summed E-state index contributed by atoms with van der Waals surface area (Å²) in [5.74, 6) is 0.554. The van der Waals surface area contributed by atoms with Gasteiger partial charge in [0.05, 0.1) is 15.4 Å². The minimum absolute atomic E-state index is 0.115. The summed E-state index contributed by atoms with van der Waals surface area (Å²) in [7, 11) is 0. The number of thioether (sulfide) groups is 1. The van der Waals surface area contributed by atoms with Crippen molar-refractivity contribution in [3.63, 3.8) is 0 Å². The number of para-hydroxylation sites is 1. The van der Waals surface area contributed by atoms with Gasteiger partial charge >= 0.3 is 0 Å². The molecule has 1 N–H and O–H groups in total. The van der Waals surface area contributed by atoms with Gasteiger partial charge in [-0.2, -0.15) is 5.26 Å². The Bertz CT molecular complexity index is 661. The van der Waals surface area contributed by atoms with Gasteiger partial charge in [0.15, 0.2) is 5.70 Å². The van der Waals surface area contributed by atoms with Gasteiger partial charge in [0, 0.05) is 17.5 Å². The molecule has 0 spiro atoms. The largest absolute Gasteiger partial charge is 0.383 e. The lowest BCUT2D eigenvalue weighted by Crippen LogP contribution is -2.11. The molecule has 7 heteroatoms. The van der Waals surface area contributed by atoms with Crippen molar-refractivity contribution in [1.82, 2.24) is 0 Å². The number of aliphatic imine (C=N–C) groups is 1. The molecule has 0 fully saturated rings. The van der Waals surface area contributed by atoms with E-state index in [0.29, 0.717) is 10.7 Å². The van der Waals surface area contributed by atoms with Crippen LogP contribution >= 0.6 is 11.8 Å². The van der Waals surface area contributed by atoms with Gasteiger partial charge in [-0.3, -0.25) is 10.1 Å². The molecule has 1 atom stereocenters. The van der Waals surface area contributed by atoms with Gasteiger partial charge in [0.2, 0.25) is 0 Å². The summed E-state index contributed by atoms with van der Waals surface area (Å²) < 4.78 is 0. The fourth-order valence-electron chi connectivity index (χ4n) is 1.84. The first-order valence-electron chi connectivity index (χ1n) is 5.77. The number of nitro benzene ring substituents is 1. The normalized spacial score (nSPS) is 16.4. The highest BCUT2D eigenvalue weighted by Crippen LogP contribution is 2.39. The maximum atomic E-state index is 11.0. The van der Waals surface area contributed by atoms with E-state index in [0.717, 1.165) is 5.71 Å². The van der Waals surface area contributed by atoms with E-state index in [9.17, 15) is 15.2 Å². The quantitative estimate of drug-likeness (QED) is 0.681. The van der Waals surface area contributed by atoms with Gasteiger partial charge in [-0.1, -0.05) is 12.1 Å². The maximum absolute atomic E-state index is 11.0. The van der Waals surface area contributed by atoms with Gasteiger partial charge in [0.1, 0.15) is 12.2 Å². The molecule has 0 saturated carbocycles. The average Bonchev–Trinajstić information content (AvgIpc) is 2.46. The molecule has 20 heavy (non-hydrogen) atoms. The molecule has 0 saturated heterocycles. The Morgan fingerprint density at radius 3 is 2.90 bits per heavy atom. The Morgan fingerprint density at radius 2 is 2.25 bits per heavy atom. The molecule has 1 heterocycles. The zero-order chi connectivity index (χ0) is 14.7. The number of nitro groups is 1. The number of hydrogen-bond acceptors (Lipinski definition) is 6. The summed E-state index contributed by atoms with van der Waals surface area (Å²) in [6, 6.07) is 7.88. The smallest absolute Gasteiger partial charge is 0.275 e. The third-order valence-electron chi connectivity index (χ3n) is 2.75. The fourth-order valence-corrected chi connectivity index (χ4v) is 2.79. The summed E-state index contributed by atoms with van der Waals surface area (Å²) in [6.07, 6.45) is -1.21. The number of aliphatic hydroxyl groups excluding tert-OH is 1. The second-order valence-corrected chi connectivity index (χ2v) is 5.20. The zero-order valence-electron chi connectivity index (χ0n) is 10.6. The van der Waals surface area contributed by atoms with Crippen molar-refractivity contribution in [1.29, 1.82) is 5.26 Å². The lowest BCUT2D eigenvalue weighted by Gasteiger charge is -2.18. The second-order valence-electron chi connectivity index (χ2n) is 4.18. The standard InChI is InChI=1S/C13H11N3O3S/c1-8-7-20-13(10(6-14)15-8)12(17)9-4-2-3-5-11(9)16(18)19/h2-5,12,17H,7H2,1H3. The summed E-state index contributed by atoms with van der Waals surface area (Å²) in [5, 5.41) is 30.4. The first-order chi connectivity index (χ1) is 9.54. The minimum Gasteiger partial charge on any atom is -0.383 e. The maximum Gasteiger partial charge on any atom is 0.275 e. The van der Waals surface area contributed by atoms with Gasteiger partial charge in [-0.15, -0.1) is 11.8 Å². The van der Waals surface area contributed by atoms with E-state index in [-0.39, 0.29) is 16.9 Å². The number of benzene rings is 1. The van der Waals surface area contributed by atoms with E-state index in [1.54, 1.807) is 13.0 Å². The van der Waals surface area contributed by atoms with E-state index in [1.807, 2.05) is 6.07 Å². The van der Waals surface area contributed by atoms with Gasteiger partial charge in [-0.25, -0.2) is 4.99 Å². The van der Waals surface area contributed by atoms with E-state index in [2.05, 4.69) is 4.99 Å². The van der Waals surface area contributed by atoms with Crippen LogP contribution in [0.4, 0.5) is 5.69 Å². The van der Waals surface area contributed by atoms with E-state index >= 15 is 0 Å². The highest BCUT2D eigenvalue weighted by molar-refractivity contribution is 8.03. The molecule has 1 aromatic carbocycles. The van der Waals surface area contributed by atoms with Crippen LogP contribution in [0, 0.1) is 21.4 Å². The molecule has 0 aliphatic carbocycles. The number of nitrogens with zero attached hydrogens (tertiary/aromatic N) is 3. The van der Waals surface area contributed by atoms with Crippen LogP contribution in [0.15, 0.2) is 39.9 Å². The van der Waals surface area contributed by atoms with Crippen molar-refractivity contribution in [3.8, 4) is 6.07 Å². The summed E-state index contributed by atoms with van der Waals surface area (Å²) in [5.41, 5.74) is 0.897. The lowest BCUT2D eigenvalue weighted by atomic mass is 10.1. The molecule has 1 unspecified atom stereocenters. The Kier molecular flexibility index (Phi) is 4.17. The number of allylic oxidation sites excluding steroid dienone is 1. The SMILES string of the molecule is CC1=NC(C#N)=C(C(O)c2ccccc2[N+](=O)[O-])SC1. The highest BCUT2D eigenvalue weighted by atomic mass is 32.2. The first kappa shape index (κ1) is 14.2. The molecule has 1 aliphatic heterocycles. The highest BCUT2D eigenvalue weighted by Gasteiger charge is 2.27. The molecule has 6 nitrogen and oxygen atoms in total. The number of aliphatic hydroxyl groups is 1. The number of hydrogen-bond donors (Lipinski definition) is 1. The van der Waals surface area contributed by atoms with Crippen LogP contribution in [0.1, 0.15) is 18.6 Å². The molecule has 1 aliphatic rings. The van der Waals surface area contributed by atoms with Crippen molar-refractivity contribution in [2.24, 2.45) is 4.99 Å². The summed E-state index contributed by atoms with van der Waals surface area (Å²) in [6.45, 7) is 1.79. The third kappa shape index (κ3) is 2.71. The van der Waals surface area contributed by atoms with Crippen molar-refractivity contribution in [2.45, 2.75) is 13.0 Å². The van der Waals surface area contributed by atoms with Crippen LogP contribution < -0.4 is 0 Å². The molecule has 0 bridgehead atoms. The lowest BCUT2D eigenvalue weighted by molar-refractivity contribution is -0.386. The zero-order valence-corrected chi connectivity index (χ0v) is 11.4. The monoisotopic (exact) mass is 289 g/mol. The van der Waals surface area contributed by atoms with Crippen LogP contribution in [-0.2, 0) is 0 Å². The van der Waals surface area contributed by atoms with Crippen LogP contribution in [0.2, 0.25) is 0 Å². The predicted octanol–water partition coefficient (Wildman–Crippen LogP) is 2.57. The van der Waals surface area contributed by atoms with Gasteiger partial charge in [0.25, 0.3) is 5.69 Å². The number of nitriles is 1. The van der Waals surface area contributed by atoms with Gasteiger partial charge < -0.3 is 5.11 Å². The topological polar surface area (TPSA) is 99.5 Å². The first-order valence-corrected chi connectivity index (χ1v) is 6.75. The van der Waals surface area contributed by atoms with Crippen LogP contribution in [-0.4, -0.2) is 21.5 Å².